The number of likely N-dealkylation sites (tertiary alicyclic amines) is 1. The van der Waals surface area contributed by atoms with Gasteiger partial charge in [0, 0.05) is 26.1 Å². The van der Waals surface area contributed by atoms with E-state index in [0.717, 1.165) is 39.0 Å². The van der Waals surface area contributed by atoms with Crippen molar-refractivity contribution in [2.24, 2.45) is 5.92 Å². The Morgan fingerprint density at radius 2 is 2.10 bits per heavy atom. The summed E-state index contributed by atoms with van der Waals surface area (Å²) in [6.45, 7) is 5.86. The van der Waals surface area contributed by atoms with Crippen LogP contribution in [0.15, 0.2) is 30.3 Å². The molecule has 1 heterocycles. The van der Waals surface area contributed by atoms with Gasteiger partial charge in [0.25, 0.3) is 0 Å². The molecule has 1 unspecified atom stereocenters. The minimum absolute atomic E-state index is 0.309. The van der Waals surface area contributed by atoms with Crippen molar-refractivity contribution < 1.29 is 4.79 Å². The van der Waals surface area contributed by atoms with Gasteiger partial charge in [-0.2, -0.15) is 0 Å². The molecule has 3 nitrogen and oxygen atoms in total. The van der Waals surface area contributed by atoms with Crippen LogP contribution in [0, 0.1) is 5.92 Å². The SMILES string of the molecule is CC1CCCN(C(=O)CCNCCc2ccccc2)C1. The molecule has 1 amide bonds. The minimum atomic E-state index is 0.309. The van der Waals surface area contributed by atoms with Crippen LogP contribution in [-0.4, -0.2) is 37.0 Å². The molecular weight excluding hydrogens is 248 g/mol. The monoisotopic (exact) mass is 274 g/mol. The van der Waals surface area contributed by atoms with E-state index in [4.69, 9.17) is 0 Å². The summed E-state index contributed by atoms with van der Waals surface area (Å²) >= 11 is 0. The molecule has 1 fully saturated rings. The lowest BCUT2D eigenvalue weighted by Crippen LogP contribution is -2.40. The fraction of sp³-hybridized carbons (Fsp3) is 0.588. The maximum absolute atomic E-state index is 12.1. The quantitative estimate of drug-likeness (QED) is 0.808. The Hall–Kier alpha value is -1.35. The lowest BCUT2D eigenvalue weighted by Gasteiger charge is -2.31. The summed E-state index contributed by atoms with van der Waals surface area (Å²) in [4.78, 5) is 14.1. The van der Waals surface area contributed by atoms with Gasteiger partial charge in [0.05, 0.1) is 0 Å². The largest absolute Gasteiger partial charge is 0.342 e. The molecule has 0 spiro atoms. The van der Waals surface area contributed by atoms with Gasteiger partial charge in [-0.05, 0) is 37.3 Å². The number of amides is 1. The van der Waals surface area contributed by atoms with Crippen molar-refractivity contribution in [3.8, 4) is 0 Å². The van der Waals surface area contributed by atoms with E-state index < -0.39 is 0 Å². The summed E-state index contributed by atoms with van der Waals surface area (Å²) in [7, 11) is 0. The van der Waals surface area contributed by atoms with E-state index in [1.165, 1.54) is 12.0 Å². The second kappa shape index (κ2) is 8.05. The average molecular weight is 274 g/mol. The van der Waals surface area contributed by atoms with Gasteiger partial charge in [0.15, 0.2) is 0 Å². The van der Waals surface area contributed by atoms with Crippen molar-refractivity contribution in [3.05, 3.63) is 35.9 Å². The first-order valence-electron chi connectivity index (χ1n) is 7.78. The maximum Gasteiger partial charge on any atom is 0.223 e. The Bertz CT molecular complexity index is 405. The van der Waals surface area contributed by atoms with Crippen LogP contribution in [0.4, 0.5) is 0 Å². The third-order valence-electron chi connectivity index (χ3n) is 3.96. The van der Waals surface area contributed by atoms with Crippen molar-refractivity contribution in [1.29, 1.82) is 0 Å². The van der Waals surface area contributed by atoms with Crippen LogP contribution in [0.5, 0.6) is 0 Å². The number of hydrogen-bond donors (Lipinski definition) is 1. The highest BCUT2D eigenvalue weighted by molar-refractivity contribution is 5.76. The zero-order valence-corrected chi connectivity index (χ0v) is 12.5. The predicted molar refractivity (Wildman–Crippen MR) is 82.6 cm³/mol. The molecule has 1 aliphatic heterocycles. The Balaban J connectivity index is 1.57. The number of nitrogens with zero attached hydrogens (tertiary/aromatic N) is 1. The third kappa shape index (κ3) is 4.97. The van der Waals surface area contributed by atoms with Gasteiger partial charge in [-0.15, -0.1) is 0 Å². The molecule has 1 aromatic rings. The topological polar surface area (TPSA) is 32.3 Å². The molecule has 0 aromatic heterocycles. The maximum atomic E-state index is 12.1. The van der Waals surface area contributed by atoms with E-state index in [1.54, 1.807) is 0 Å². The third-order valence-corrected chi connectivity index (χ3v) is 3.96. The van der Waals surface area contributed by atoms with Crippen LogP contribution in [0.1, 0.15) is 31.7 Å². The first kappa shape index (κ1) is 15.0. The summed E-state index contributed by atoms with van der Waals surface area (Å²) in [5, 5.41) is 3.37. The van der Waals surface area contributed by atoms with Crippen molar-refractivity contribution >= 4 is 5.91 Å². The van der Waals surface area contributed by atoms with Crippen molar-refractivity contribution in [2.45, 2.75) is 32.6 Å². The molecule has 1 atom stereocenters. The van der Waals surface area contributed by atoms with Crippen LogP contribution < -0.4 is 5.32 Å². The first-order chi connectivity index (χ1) is 9.75. The second-order valence-corrected chi connectivity index (χ2v) is 5.82. The number of rotatable bonds is 6. The first-order valence-corrected chi connectivity index (χ1v) is 7.78. The smallest absolute Gasteiger partial charge is 0.223 e. The molecule has 0 radical (unpaired) electrons. The van der Waals surface area contributed by atoms with Gasteiger partial charge in [-0.25, -0.2) is 0 Å². The fourth-order valence-corrected chi connectivity index (χ4v) is 2.77. The van der Waals surface area contributed by atoms with Crippen molar-refractivity contribution in [1.82, 2.24) is 10.2 Å². The second-order valence-electron chi connectivity index (χ2n) is 5.82. The highest BCUT2D eigenvalue weighted by atomic mass is 16.2. The van der Waals surface area contributed by atoms with Crippen LogP contribution in [0.25, 0.3) is 0 Å². The highest BCUT2D eigenvalue weighted by Gasteiger charge is 2.20. The molecule has 1 aliphatic rings. The minimum Gasteiger partial charge on any atom is -0.342 e. The molecule has 110 valence electrons. The normalized spacial score (nSPS) is 19.1. The lowest BCUT2D eigenvalue weighted by atomic mass is 10.00. The summed E-state index contributed by atoms with van der Waals surface area (Å²) < 4.78 is 0. The Morgan fingerprint density at radius 1 is 1.30 bits per heavy atom. The Kier molecular flexibility index (Phi) is 6.06. The van der Waals surface area contributed by atoms with Gasteiger partial charge < -0.3 is 10.2 Å². The van der Waals surface area contributed by atoms with E-state index in [2.05, 4.69) is 36.5 Å². The summed E-state index contributed by atoms with van der Waals surface area (Å²) in [6.07, 6.45) is 4.07. The number of benzene rings is 1. The van der Waals surface area contributed by atoms with E-state index in [1.807, 2.05) is 11.0 Å². The van der Waals surface area contributed by atoms with E-state index in [0.29, 0.717) is 18.2 Å². The Labute approximate surface area is 122 Å². The molecule has 20 heavy (non-hydrogen) atoms. The molecule has 0 saturated carbocycles. The zero-order chi connectivity index (χ0) is 14.2. The number of nitrogens with one attached hydrogen (secondary N) is 1. The van der Waals surface area contributed by atoms with Gasteiger partial charge in [0.2, 0.25) is 5.91 Å². The standard InChI is InChI=1S/C17H26N2O/c1-15-6-5-13-19(14-15)17(20)10-12-18-11-9-16-7-3-2-4-8-16/h2-4,7-8,15,18H,5-6,9-14H2,1H3. The summed E-state index contributed by atoms with van der Waals surface area (Å²) in [5.41, 5.74) is 1.34. The lowest BCUT2D eigenvalue weighted by molar-refractivity contribution is -0.132. The molecule has 0 aliphatic carbocycles. The Morgan fingerprint density at radius 3 is 2.85 bits per heavy atom. The number of hydrogen-bond acceptors (Lipinski definition) is 2. The van der Waals surface area contributed by atoms with Gasteiger partial charge in [-0.1, -0.05) is 37.3 Å². The fourth-order valence-electron chi connectivity index (χ4n) is 2.77. The number of carbonyl (C=O) groups is 1. The summed E-state index contributed by atoms with van der Waals surface area (Å²) in [5.74, 6) is 0.975. The van der Waals surface area contributed by atoms with Crippen molar-refractivity contribution in [2.75, 3.05) is 26.2 Å². The van der Waals surface area contributed by atoms with Crippen molar-refractivity contribution in [3.63, 3.8) is 0 Å². The van der Waals surface area contributed by atoms with Gasteiger partial charge in [0.1, 0.15) is 0 Å². The highest BCUT2D eigenvalue weighted by Crippen LogP contribution is 2.15. The van der Waals surface area contributed by atoms with Crippen LogP contribution in [0.2, 0.25) is 0 Å². The van der Waals surface area contributed by atoms with E-state index >= 15 is 0 Å². The number of carbonyl (C=O) groups excluding carboxylic acids is 1. The molecule has 1 aromatic carbocycles. The van der Waals surface area contributed by atoms with Crippen LogP contribution >= 0.6 is 0 Å². The van der Waals surface area contributed by atoms with Crippen LogP contribution in [-0.2, 0) is 11.2 Å². The van der Waals surface area contributed by atoms with Crippen LogP contribution in [0.3, 0.4) is 0 Å². The molecule has 2 rings (SSSR count). The molecule has 1 N–H and O–H groups in total. The molecule has 0 bridgehead atoms. The summed E-state index contributed by atoms with van der Waals surface area (Å²) in [6, 6.07) is 10.5. The molecular formula is C17H26N2O. The predicted octanol–water partition coefficient (Wildman–Crippen LogP) is 2.47. The zero-order valence-electron chi connectivity index (χ0n) is 12.5. The van der Waals surface area contributed by atoms with Gasteiger partial charge >= 0.3 is 0 Å². The van der Waals surface area contributed by atoms with E-state index in [9.17, 15) is 4.79 Å². The van der Waals surface area contributed by atoms with E-state index in [-0.39, 0.29) is 0 Å². The van der Waals surface area contributed by atoms with Gasteiger partial charge in [-0.3, -0.25) is 4.79 Å². The average Bonchev–Trinajstić information content (AvgIpc) is 2.48. The number of piperidine rings is 1. The molecule has 3 heteroatoms. The molecule has 1 saturated heterocycles.